The van der Waals surface area contributed by atoms with Crippen LogP contribution in [0.2, 0.25) is 0 Å². The zero-order valence-electron chi connectivity index (χ0n) is 14.3. The van der Waals surface area contributed by atoms with Crippen molar-refractivity contribution in [2.75, 3.05) is 26.9 Å². The minimum atomic E-state index is -3.84. The van der Waals surface area contributed by atoms with Gasteiger partial charge in [-0.25, -0.2) is 13.6 Å². The lowest BCUT2D eigenvalue weighted by Gasteiger charge is -2.36. The van der Waals surface area contributed by atoms with E-state index in [0.717, 1.165) is 0 Å². The Balaban J connectivity index is 2.00. The summed E-state index contributed by atoms with van der Waals surface area (Å²) in [7, 11) is -2.40. The Morgan fingerprint density at radius 1 is 1.20 bits per heavy atom. The second-order valence-electron chi connectivity index (χ2n) is 5.41. The van der Waals surface area contributed by atoms with Crippen LogP contribution in [0.1, 0.15) is 6.92 Å². The predicted octanol–water partition coefficient (Wildman–Crippen LogP) is 1.18. The molecular formula is C17H24N2O5S. The average Bonchev–Trinajstić information content (AvgIpc) is 2.59. The molecule has 138 valence electrons. The van der Waals surface area contributed by atoms with Crippen molar-refractivity contribution in [3.63, 3.8) is 0 Å². The Bertz CT molecular complexity index is 732. The summed E-state index contributed by atoms with van der Waals surface area (Å²) in [4.78, 5) is 0. The Morgan fingerprint density at radius 2 is 1.88 bits per heavy atom. The number of nitrogens with two attached hydrogens (primary N) is 1. The number of benzene rings is 1. The normalized spacial score (nSPS) is 22.8. The number of hydrogen-bond donors (Lipinski definition) is 2. The molecule has 7 nitrogen and oxygen atoms in total. The van der Waals surface area contributed by atoms with Gasteiger partial charge < -0.3 is 14.2 Å². The molecule has 0 spiro atoms. The number of ether oxygens (including phenoxy) is 3. The molecule has 1 aliphatic rings. The molecule has 0 saturated heterocycles. The molecule has 1 aromatic rings. The number of primary sulfonamides is 1. The van der Waals surface area contributed by atoms with Crippen LogP contribution in [-0.4, -0.2) is 46.3 Å². The van der Waals surface area contributed by atoms with Crippen molar-refractivity contribution in [2.24, 2.45) is 5.14 Å². The van der Waals surface area contributed by atoms with Crippen LogP contribution in [0.15, 0.2) is 48.6 Å². The first-order valence-corrected chi connectivity index (χ1v) is 9.56. The van der Waals surface area contributed by atoms with Gasteiger partial charge in [-0.05, 0) is 25.1 Å². The van der Waals surface area contributed by atoms with Crippen molar-refractivity contribution in [1.29, 1.82) is 0 Å². The summed E-state index contributed by atoms with van der Waals surface area (Å²) in [5.74, 6) is 1.29. The van der Waals surface area contributed by atoms with Crippen LogP contribution >= 0.6 is 0 Å². The molecule has 3 N–H and O–H groups in total. The third-order valence-corrected chi connectivity index (χ3v) is 4.98. The minimum Gasteiger partial charge on any atom is -0.490 e. The van der Waals surface area contributed by atoms with E-state index in [1.54, 1.807) is 18.2 Å². The zero-order valence-corrected chi connectivity index (χ0v) is 15.2. The van der Waals surface area contributed by atoms with Crippen molar-refractivity contribution >= 4 is 10.0 Å². The number of allylic oxidation sites excluding steroid dienone is 2. The standard InChI is InChI=1S/C17H24N2O5S/c1-3-23-14-8-4-5-9-15(14)24-13-12-19-17(22-2)11-7-6-10-16(17)25(18,20)21/h4-11,16,19H,3,12-13H2,1-2H3,(H2,18,20,21). The quantitative estimate of drug-likeness (QED) is 0.501. The second kappa shape index (κ2) is 8.48. The molecule has 0 aromatic heterocycles. The topological polar surface area (TPSA) is 99.9 Å². The van der Waals surface area contributed by atoms with Gasteiger partial charge in [-0.2, -0.15) is 0 Å². The van der Waals surface area contributed by atoms with Crippen molar-refractivity contribution < 1.29 is 22.6 Å². The van der Waals surface area contributed by atoms with E-state index >= 15 is 0 Å². The molecule has 0 fully saturated rings. The summed E-state index contributed by atoms with van der Waals surface area (Å²) in [6, 6.07) is 7.36. The van der Waals surface area contributed by atoms with Crippen LogP contribution in [0.3, 0.4) is 0 Å². The van der Waals surface area contributed by atoms with Crippen molar-refractivity contribution in [1.82, 2.24) is 5.32 Å². The Labute approximate surface area is 148 Å². The van der Waals surface area contributed by atoms with Crippen molar-refractivity contribution in [2.45, 2.75) is 17.9 Å². The lowest BCUT2D eigenvalue weighted by molar-refractivity contribution is 0.00468. The largest absolute Gasteiger partial charge is 0.490 e. The molecule has 2 unspecified atom stereocenters. The number of sulfonamides is 1. The van der Waals surface area contributed by atoms with Crippen LogP contribution in [0.4, 0.5) is 0 Å². The number of methoxy groups -OCH3 is 1. The molecule has 0 aliphatic heterocycles. The predicted molar refractivity (Wildman–Crippen MR) is 96.0 cm³/mol. The maximum absolute atomic E-state index is 11.9. The fraction of sp³-hybridized carbons (Fsp3) is 0.412. The molecule has 0 amide bonds. The van der Waals surface area contributed by atoms with Gasteiger partial charge in [0.2, 0.25) is 10.0 Å². The Hall–Kier alpha value is -1.87. The van der Waals surface area contributed by atoms with Gasteiger partial charge >= 0.3 is 0 Å². The van der Waals surface area contributed by atoms with E-state index in [-0.39, 0.29) is 0 Å². The van der Waals surface area contributed by atoms with Crippen LogP contribution in [-0.2, 0) is 14.8 Å². The van der Waals surface area contributed by atoms with Gasteiger partial charge in [0.15, 0.2) is 17.2 Å². The number of rotatable bonds is 9. The molecular weight excluding hydrogens is 344 g/mol. The van der Waals surface area contributed by atoms with Crippen LogP contribution in [0, 0.1) is 0 Å². The highest BCUT2D eigenvalue weighted by molar-refractivity contribution is 7.90. The lowest BCUT2D eigenvalue weighted by atomic mass is 10.0. The van der Waals surface area contributed by atoms with E-state index in [1.165, 1.54) is 13.2 Å². The number of para-hydroxylation sites is 2. The fourth-order valence-electron chi connectivity index (χ4n) is 2.62. The summed E-state index contributed by atoms with van der Waals surface area (Å²) in [5.41, 5.74) is -1.23. The zero-order chi connectivity index (χ0) is 18.3. The van der Waals surface area contributed by atoms with Crippen LogP contribution in [0.25, 0.3) is 0 Å². The third-order valence-electron chi connectivity index (χ3n) is 3.77. The minimum absolute atomic E-state index is 0.296. The van der Waals surface area contributed by atoms with E-state index in [2.05, 4.69) is 5.32 Å². The maximum atomic E-state index is 11.9. The Morgan fingerprint density at radius 3 is 2.48 bits per heavy atom. The van der Waals surface area contributed by atoms with Gasteiger partial charge in [0.1, 0.15) is 11.9 Å². The molecule has 8 heteroatoms. The van der Waals surface area contributed by atoms with E-state index < -0.39 is 21.0 Å². The molecule has 0 saturated carbocycles. The molecule has 2 atom stereocenters. The van der Waals surface area contributed by atoms with Crippen molar-refractivity contribution in [3.05, 3.63) is 48.6 Å². The highest BCUT2D eigenvalue weighted by atomic mass is 32.2. The van der Waals surface area contributed by atoms with Gasteiger partial charge in [-0.15, -0.1) is 0 Å². The molecule has 1 aromatic carbocycles. The van der Waals surface area contributed by atoms with Gasteiger partial charge in [0.25, 0.3) is 0 Å². The molecule has 1 aliphatic carbocycles. The van der Waals surface area contributed by atoms with E-state index in [9.17, 15) is 8.42 Å². The first kappa shape index (κ1) is 19.5. The summed E-state index contributed by atoms with van der Waals surface area (Å²) in [5, 5.41) is 7.38. The molecule has 0 heterocycles. The highest BCUT2D eigenvalue weighted by Crippen LogP contribution is 2.27. The molecule has 25 heavy (non-hydrogen) atoms. The van der Waals surface area contributed by atoms with E-state index in [0.29, 0.717) is 31.3 Å². The third kappa shape index (κ3) is 4.82. The van der Waals surface area contributed by atoms with Gasteiger partial charge in [-0.3, -0.25) is 5.32 Å². The highest BCUT2D eigenvalue weighted by Gasteiger charge is 2.42. The molecule has 2 rings (SSSR count). The van der Waals surface area contributed by atoms with Gasteiger partial charge in [0.05, 0.1) is 6.61 Å². The van der Waals surface area contributed by atoms with E-state index in [1.807, 2.05) is 31.2 Å². The first-order valence-electron chi connectivity index (χ1n) is 7.95. The Kier molecular flexibility index (Phi) is 6.60. The average molecular weight is 368 g/mol. The number of nitrogens with one attached hydrogen (secondary N) is 1. The second-order valence-corrected chi connectivity index (χ2v) is 7.09. The number of hydrogen-bond acceptors (Lipinski definition) is 6. The first-order chi connectivity index (χ1) is 11.9. The van der Waals surface area contributed by atoms with Crippen LogP contribution in [0.5, 0.6) is 11.5 Å². The van der Waals surface area contributed by atoms with Gasteiger partial charge in [-0.1, -0.05) is 30.4 Å². The molecule has 0 radical (unpaired) electrons. The smallest absolute Gasteiger partial charge is 0.220 e. The summed E-state index contributed by atoms with van der Waals surface area (Å²) < 4.78 is 40.4. The van der Waals surface area contributed by atoms with Gasteiger partial charge in [0, 0.05) is 13.7 Å². The SMILES string of the molecule is CCOc1ccccc1OCCNC1(OC)C=CC=CC1S(N)(=O)=O. The van der Waals surface area contributed by atoms with Crippen molar-refractivity contribution in [3.8, 4) is 11.5 Å². The van der Waals surface area contributed by atoms with E-state index in [4.69, 9.17) is 19.3 Å². The summed E-state index contributed by atoms with van der Waals surface area (Å²) >= 11 is 0. The molecule has 0 bridgehead atoms. The summed E-state index contributed by atoms with van der Waals surface area (Å²) in [6.45, 7) is 3.08. The lowest BCUT2D eigenvalue weighted by Crippen LogP contribution is -2.59. The maximum Gasteiger partial charge on any atom is 0.220 e. The van der Waals surface area contributed by atoms with Crippen LogP contribution < -0.4 is 19.9 Å². The monoisotopic (exact) mass is 368 g/mol. The fourth-order valence-corrected chi connectivity index (χ4v) is 3.68. The summed E-state index contributed by atoms with van der Waals surface area (Å²) in [6.07, 6.45) is 6.47.